The van der Waals surface area contributed by atoms with Crippen LogP contribution in [0.4, 0.5) is 0 Å². The molecule has 0 radical (unpaired) electrons. The lowest BCUT2D eigenvalue weighted by Gasteiger charge is -2.12. The average Bonchev–Trinajstić information content (AvgIpc) is 2.17. The number of fused-ring (bicyclic) bond motifs is 1. The first-order chi connectivity index (χ1) is 6.70. The summed E-state index contributed by atoms with van der Waals surface area (Å²) in [7, 11) is 0. The van der Waals surface area contributed by atoms with Gasteiger partial charge in [-0.1, -0.05) is 19.9 Å². The van der Waals surface area contributed by atoms with Gasteiger partial charge in [-0.05, 0) is 43.4 Å². The Kier molecular flexibility index (Phi) is 4.60. The van der Waals surface area contributed by atoms with E-state index in [2.05, 4.69) is 11.1 Å². The molecule has 1 aromatic rings. The van der Waals surface area contributed by atoms with E-state index in [4.69, 9.17) is 5.73 Å². The standard InChI is InChI=1S/C9H11N.C3H9N/c1-2-6-9-8(4-1)5-3-7-10-9;1-3(2)4/h3,5,7H,1-2,4,6H2;3H,4H2,1-2H3. The quantitative estimate of drug-likeness (QED) is 0.685. The van der Waals surface area contributed by atoms with Crippen LogP contribution in [0.2, 0.25) is 0 Å². The Labute approximate surface area is 86.5 Å². The first-order valence-electron chi connectivity index (χ1n) is 5.38. The lowest BCUT2D eigenvalue weighted by molar-refractivity contribution is 0.668. The molecule has 0 unspecified atom stereocenters. The highest BCUT2D eigenvalue weighted by molar-refractivity contribution is 5.21. The largest absolute Gasteiger partial charge is 0.328 e. The van der Waals surface area contributed by atoms with Crippen LogP contribution >= 0.6 is 0 Å². The van der Waals surface area contributed by atoms with Gasteiger partial charge in [-0.3, -0.25) is 4.98 Å². The lowest BCUT2D eigenvalue weighted by Crippen LogP contribution is -2.06. The molecule has 0 atom stereocenters. The summed E-state index contributed by atoms with van der Waals surface area (Å²) in [5.74, 6) is 0. The monoisotopic (exact) mass is 192 g/mol. The zero-order valence-electron chi connectivity index (χ0n) is 9.16. The molecule has 1 aliphatic carbocycles. The third-order valence-corrected chi connectivity index (χ3v) is 2.09. The molecule has 2 nitrogen and oxygen atoms in total. The van der Waals surface area contributed by atoms with Gasteiger partial charge in [0.25, 0.3) is 0 Å². The number of aromatic nitrogens is 1. The highest BCUT2D eigenvalue weighted by Crippen LogP contribution is 2.17. The van der Waals surface area contributed by atoms with Crippen molar-refractivity contribution in [3.05, 3.63) is 29.6 Å². The van der Waals surface area contributed by atoms with Gasteiger partial charge >= 0.3 is 0 Å². The van der Waals surface area contributed by atoms with E-state index in [1.165, 1.54) is 36.9 Å². The number of hydrogen-bond acceptors (Lipinski definition) is 2. The third kappa shape index (κ3) is 3.88. The molecular formula is C12H20N2. The van der Waals surface area contributed by atoms with Crippen LogP contribution in [0.1, 0.15) is 37.9 Å². The first-order valence-corrected chi connectivity index (χ1v) is 5.38. The van der Waals surface area contributed by atoms with Crippen molar-refractivity contribution in [2.45, 2.75) is 45.6 Å². The number of nitrogens with zero attached hydrogens (tertiary/aromatic N) is 1. The highest BCUT2D eigenvalue weighted by atomic mass is 14.7. The van der Waals surface area contributed by atoms with Crippen LogP contribution in [-0.2, 0) is 12.8 Å². The van der Waals surface area contributed by atoms with E-state index < -0.39 is 0 Å². The van der Waals surface area contributed by atoms with Crippen LogP contribution in [0, 0.1) is 0 Å². The second-order valence-electron chi connectivity index (χ2n) is 4.06. The number of aryl methyl sites for hydroxylation is 2. The van der Waals surface area contributed by atoms with Crippen molar-refractivity contribution in [1.29, 1.82) is 0 Å². The fourth-order valence-corrected chi connectivity index (χ4v) is 1.53. The van der Waals surface area contributed by atoms with Gasteiger partial charge in [-0.15, -0.1) is 0 Å². The van der Waals surface area contributed by atoms with Gasteiger partial charge in [0.05, 0.1) is 0 Å². The van der Waals surface area contributed by atoms with E-state index in [0.29, 0.717) is 6.04 Å². The molecule has 0 fully saturated rings. The maximum absolute atomic E-state index is 5.11. The molecule has 14 heavy (non-hydrogen) atoms. The maximum atomic E-state index is 5.11. The Bertz CT molecular complexity index is 241. The lowest BCUT2D eigenvalue weighted by atomic mass is 9.96. The van der Waals surface area contributed by atoms with Crippen molar-refractivity contribution in [3.8, 4) is 0 Å². The fourth-order valence-electron chi connectivity index (χ4n) is 1.53. The van der Waals surface area contributed by atoms with Crippen molar-refractivity contribution in [2.24, 2.45) is 5.73 Å². The summed E-state index contributed by atoms with van der Waals surface area (Å²) >= 11 is 0. The molecule has 0 spiro atoms. The fraction of sp³-hybridized carbons (Fsp3) is 0.583. The van der Waals surface area contributed by atoms with Gasteiger partial charge in [0, 0.05) is 11.9 Å². The van der Waals surface area contributed by atoms with Gasteiger partial charge in [-0.25, -0.2) is 0 Å². The summed E-state index contributed by atoms with van der Waals surface area (Å²) in [6.45, 7) is 3.89. The molecule has 0 saturated heterocycles. The van der Waals surface area contributed by atoms with Crippen LogP contribution in [0.15, 0.2) is 18.3 Å². The minimum atomic E-state index is 0.333. The molecule has 2 rings (SSSR count). The molecule has 0 saturated carbocycles. The Morgan fingerprint density at radius 2 is 1.93 bits per heavy atom. The van der Waals surface area contributed by atoms with Crippen LogP contribution in [-0.4, -0.2) is 11.0 Å². The summed E-state index contributed by atoms with van der Waals surface area (Å²) in [6.07, 6.45) is 6.99. The zero-order chi connectivity index (χ0) is 10.4. The summed E-state index contributed by atoms with van der Waals surface area (Å²) in [5.41, 5.74) is 7.91. The Morgan fingerprint density at radius 3 is 2.57 bits per heavy atom. The normalized spacial score (nSPS) is 14.3. The Morgan fingerprint density at radius 1 is 1.29 bits per heavy atom. The van der Waals surface area contributed by atoms with E-state index in [9.17, 15) is 0 Å². The topological polar surface area (TPSA) is 38.9 Å². The van der Waals surface area contributed by atoms with E-state index >= 15 is 0 Å². The summed E-state index contributed by atoms with van der Waals surface area (Å²) in [5, 5.41) is 0. The van der Waals surface area contributed by atoms with Crippen molar-refractivity contribution in [1.82, 2.24) is 4.98 Å². The van der Waals surface area contributed by atoms with E-state index in [-0.39, 0.29) is 0 Å². The van der Waals surface area contributed by atoms with E-state index in [1.54, 1.807) is 0 Å². The first kappa shape index (κ1) is 11.2. The molecule has 0 aromatic carbocycles. The summed E-state index contributed by atoms with van der Waals surface area (Å²) < 4.78 is 0. The van der Waals surface area contributed by atoms with Gasteiger partial charge in [0.2, 0.25) is 0 Å². The summed E-state index contributed by atoms with van der Waals surface area (Å²) in [4.78, 5) is 4.32. The number of pyridine rings is 1. The van der Waals surface area contributed by atoms with Gasteiger partial charge in [0.15, 0.2) is 0 Å². The minimum absolute atomic E-state index is 0.333. The molecule has 0 amide bonds. The smallest absolute Gasteiger partial charge is 0.0435 e. The average molecular weight is 192 g/mol. The van der Waals surface area contributed by atoms with Crippen molar-refractivity contribution in [3.63, 3.8) is 0 Å². The highest BCUT2D eigenvalue weighted by Gasteiger charge is 2.07. The minimum Gasteiger partial charge on any atom is -0.328 e. The maximum Gasteiger partial charge on any atom is 0.0435 e. The molecule has 2 N–H and O–H groups in total. The molecule has 78 valence electrons. The van der Waals surface area contributed by atoms with E-state index in [1.807, 2.05) is 26.1 Å². The summed E-state index contributed by atoms with van der Waals surface area (Å²) in [6, 6.07) is 4.56. The van der Waals surface area contributed by atoms with E-state index in [0.717, 1.165) is 0 Å². The van der Waals surface area contributed by atoms with Crippen LogP contribution < -0.4 is 5.73 Å². The third-order valence-electron chi connectivity index (χ3n) is 2.09. The van der Waals surface area contributed by atoms with Crippen LogP contribution in [0.3, 0.4) is 0 Å². The SMILES string of the molecule is CC(C)N.c1cnc2c(c1)CCCC2. The molecular weight excluding hydrogens is 172 g/mol. The molecule has 1 aromatic heterocycles. The van der Waals surface area contributed by atoms with Crippen molar-refractivity contribution in [2.75, 3.05) is 0 Å². The Balaban J connectivity index is 0.000000213. The second-order valence-corrected chi connectivity index (χ2v) is 4.06. The number of hydrogen-bond donors (Lipinski definition) is 1. The van der Waals surface area contributed by atoms with Crippen LogP contribution in [0.25, 0.3) is 0 Å². The molecule has 1 heterocycles. The molecule has 2 heteroatoms. The van der Waals surface area contributed by atoms with Crippen molar-refractivity contribution < 1.29 is 0 Å². The molecule has 0 bridgehead atoms. The second kappa shape index (κ2) is 5.76. The van der Waals surface area contributed by atoms with Crippen LogP contribution in [0.5, 0.6) is 0 Å². The van der Waals surface area contributed by atoms with Crippen molar-refractivity contribution >= 4 is 0 Å². The van der Waals surface area contributed by atoms with Gasteiger partial charge in [-0.2, -0.15) is 0 Å². The predicted octanol–water partition coefficient (Wildman–Crippen LogP) is 2.31. The zero-order valence-corrected chi connectivity index (χ0v) is 9.16. The van der Waals surface area contributed by atoms with Gasteiger partial charge in [0.1, 0.15) is 0 Å². The molecule has 1 aliphatic rings. The molecule has 0 aliphatic heterocycles. The Hall–Kier alpha value is -0.890. The number of nitrogens with two attached hydrogens (primary N) is 1. The van der Waals surface area contributed by atoms with Gasteiger partial charge < -0.3 is 5.73 Å². The number of rotatable bonds is 0. The predicted molar refractivity (Wildman–Crippen MR) is 60.2 cm³/mol.